The molecule has 17 nitrogen and oxygen atoms in total. The van der Waals surface area contributed by atoms with Crippen LogP contribution in [0.5, 0.6) is 0 Å². The maximum atomic E-state index is 11.6. The summed E-state index contributed by atoms with van der Waals surface area (Å²) in [6.45, 7) is -1.60. The maximum Gasteiger partial charge on any atom is 0.330 e. The Hall–Kier alpha value is -3.00. The van der Waals surface area contributed by atoms with Crippen LogP contribution < -0.4 is 22.5 Å². The monoisotopic (exact) mass is 518 g/mol. The van der Waals surface area contributed by atoms with Crippen molar-refractivity contribution in [2.75, 3.05) is 13.2 Å². The zero-order valence-electron chi connectivity index (χ0n) is 18.4. The summed E-state index contributed by atoms with van der Waals surface area (Å²) in [5.74, 6) is 0. The molecule has 2 aliphatic rings. The second-order valence-electron chi connectivity index (χ2n) is 7.95. The van der Waals surface area contributed by atoms with Gasteiger partial charge in [-0.2, -0.15) is 0 Å². The number of aromatic amines is 2. The fourth-order valence-corrected chi connectivity index (χ4v) is 3.68. The van der Waals surface area contributed by atoms with Crippen LogP contribution in [-0.2, 0) is 16.1 Å². The van der Waals surface area contributed by atoms with Crippen LogP contribution in [0.2, 0.25) is 0 Å². The average molecular weight is 518 g/mol. The van der Waals surface area contributed by atoms with Crippen molar-refractivity contribution in [3.8, 4) is 0 Å². The number of H-pyrrole nitrogens is 2. The lowest BCUT2D eigenvalue weighted by Crippen LogP contribution is -2.38. The molecule has 4 rings (SSSR count). The van der Waals surface area contributed by atoms with Gasteiger partial charge >= 0.3 is 11.4 Å². The number of nitrogens with zero attached hydrogens (tertiary/aromatic N) is 2. The fraction of sp³-hybridized carbons (Fsp3) is 0.579. The highest BCUT2D eigenvalue weighted by molar-refractivity contribution is 5.04. The molecule has 0 saturated carbocycles. The van der Waals surface area contributed by atoms with Gasteiger partial charge in [-0.1, -0.05) is 0 Å². The van der Waals surface area contributed by atoms with Gasteiger partial charge in [0.1, 0.15) is 36.6 Å². The van der Waals surface area contributed by atoms with E-state index in [1.165, 1.54) is 0 Å². The third-order valence-corrected chi connectivity index (χ3v) is 5.65. The maximum absolute atomic E-state index is 11.6. The number of aliphatic hydroxyl groups is 7. The van der Waals surface area contributed by atoms with Crippen molar-refractivity contribution in [1.82, 2.24) is 19.1 Å². The number of aromatic nitrogens is 4. The highest BCUT2D eigenvalue weighted by Gasteiger charge is 2.44. The van der Waals surface area contributed by atoms with E-state index in [1.807, 2.05) is 9.97 Å². The van der Waals surface area contributed by atoms with Gasteiger partial charge in [0.15, 0.2) is 12.5 Å². The third kappa shape index (κ3) is 5.38. The molecule has 0 unspecified atom stereocenters. The fourth-order valence-electron chi connectivity index (χ4n) is 3.68. The van der Waals surface area contributed by atoms with Crippen molar-refractivity contribution in [2.45, 2.75) is 55.7 Å². The van der Waals surface area contributed by atoms with Crippen LogP contribution in [0.4, 0.5) is 0 Å². The van der Waals surface area contributed by atoms with E-state index in [4.69, 9.17) is 24.8 Å². The Labute approximate surface area is 199 Å². The molecule has 17 heteroatoms. The van der Waals surface area contributed by atoms with E-state index in [9.17, 15) is 39.6 Å². The molecule has 0 aliphatic carbocycles. The summed E-state index contributed by atoms with van der Waals surface area (Å²) < 4.78 is 12.1. The number of hydrogen-bond acceptors (Lipinski definition) is 13. The Morgan fingerprint density at radius 2 is 1.25 bits per heavy atom. The summed E-state index contributed by atoms with van der Waals surface area (Å²) in [7, 11) is 0. The van der Waals surface area contributed by atoms with Gasteiger partial charge in [0.05, 0.1) is 25.4 Å². The van der Waals surface area contributed by atoms with Crippen LogP contribution in [0.1, 0.15) is 18.0 Å². The van der Waals surface area contributed by atoms with Crippen molar-refractivity contribution >= 4 is 0 Å². The van der Waals surface area contributed by atoms with Crippen LogP contribution in [0.15, 0.2) is 37.6 Å². The minimum atomic E-state index is -1.44. The number of aliphatic hydroxyl groups excluding tert-OH is 7. The van der Waals surface area contributed by atoms with Crippen LogP contribution in [-0.4, -0.2) is 105 Å². The predicted octanol–water partition coefficient (Wildman–Crippen LogP) is -6.21. The number of rotatable bonds is 5. The quantitative estimate of drug-likeness (QED) is 0.178. The van der Waals surface area contributed by atoms with Gasteiger partial charge < -0.3 is 45.2 Å². The molecule has 36 heavy (non-hydrogen) atoms. The molecule has 2 fully saturated rings. The lowest BCUT2D eigenvalue weighted by molar-refractivity contribution is -0.0552. The zero-order valence-corrected chi connectivity index (χ0v) is 18.4. The molecular formula is C19H26N4O13. The van der Waals surface area contributed by atoms with E-state index in [-0.39, 0.29) is 5.56 Å². The molecule has 2 aliphatic heterocycles. The molecule has 0 radical (unpaired) electrons. The Morgan fingerprint density at radius 3 is 1.69 bits per heavy atom. The second-order valence-corrected chi connectivity index (χ2v) is 7.95. The van der Waals surface area contributed by atoms with E-state index in [2.05, 4.69) is 0 Å². The minimum absolute atomic E-state index is 0.0858. The van der Waals surface area contributed by atoms with E-state index >= 15 is 0 Å². The molecule has 0 aromatic carbocycles. The molecule has 0 bridgehead atoms. The smallest absolute Gasteiger partial charge is 0.330 e. The van der Waals surface area contributed by atoms with E-state index < -0.39 is 91.4 Å². The van der Waals surface area contributed by atoms with Gasteiger partial charge in [-0.15, -0.1) is 0 Å². The number of nitrogens with one attached hydrogen (secondary N) is 2. The first-order valence-corrected chi connectivity index (χ1v) is 10.6. The van der Waals surface area contributed by atoms with Gasteiger partial charge in [-0.05, 0) is 0 Å². The lowest BCUT2D eigenvalue weighted by atomic mass is 10.1. The SMILES string of the molecule is O=c1[nH]c(=O)n([C@@H]2O[C@H](CO)[C@@H](O)[C@H]2O)cc1CO.O=c1ccn([C@@H]2O[C@H](CO)[C@@H](O)[C@H]2O)c(=O)[nH]1. The highest BCUT2D eigenvalue weighted by atomic mass is 16.6. The van der Waals surface area contributed by atoms with E-state index in [0.29, 0.717) is 0 Å². The lowest BCUT2D eigenvalue weighted by Gasteiger charge is -2.17. The second kappa shape index (κ2) is 11.4. The van der Waals surface area contributed by atoms with Crippen LogP contribution >= 0.6 is 0 Å². The Kier molecular flexibility index (Phi) is 8.71. The predicted molar refractivity (Wildman–Crippen MR) is 115 cm³/mol. The molecule has 2 aromatic heterocycles. The topological polar surface area (TPSA) is 270 Å². The Bertz CT molecular complexity index is 1270. The largest absolute Gasteiger partial charge is 0.394 e. The van der Waals surface area contributed by atoms with Crippen LogP contribution in [0.25, 0.3) is 0 Å². The van der Waals surface area contributed by atoms with E-state index in [0.717, 1.165) is 27.6 Å². The van der Waals surface area contributed by atoms with Crippen molar-refractivity contribution < 1.29 is 45.2 Å². The van der Waals surface area contributed by atoms with Crippen LogP contribution in [0.3, 0.4) is 0 Å². The van der Waals surface area contributed by atoms with Gasteiger partial charge in [0.2, 0.25) is 0 Å². The molecule has 200 valence electrons. The summed E-state index contributed by atoms with van der Waals surface area (Å²) in [5, 5.41) is 65.3. The minimum Gasteiger partial charge on any atom is -0.394 e. The van der Waals surface area contributed by atoms with Crippen molar-refractivity contribution in [2.24, 2.45) is 0 Å². The first-order chi connectivity index (χ1) is 17.0. The molecule has 2 saturated heterocycles. The third-order valence-electron chi connectivity index (χ3n) is 5.65. The zero-order chi connectivity index (χ0) is 26.7. The van der Waals surface area contributed by atoms with Gasteiger partial charge in [0, 0.05) is 18.5 Å². The first kappa shape index (κ1) is 27.6. The molecule has 9 N–H and O–H groups in total. The van der Waals surface area contributed by atoms with Crippen LogP contribution in [0, 0.1) is 0 Å². The van der Waals surface area contributed by atoms with Crippen molar-refractivity contribution in [3.63, 3.8) is 0 Å². The molecule has 4 heterocycles. The molecule has 0 amide bonds. The normalized spacial score (nSPS) is 31.8. The van der Waals surface area contributed by atoms with Gasteiger partial charge in [0.25, 0.3) is 11.1 Å². The molecule has 0 spiro atoms. The average Bonchev–Trinajstić information content (AvgIpc) is 3.29. The van der Waals surface area contributed by atoms with Crippen molar-refractivity contribution in [3.05, 3.63) is 65.7 Å². The highest BCUT2D eigenvalue weighted by Crippen LogP contribution is 2.28. The summed E-state index contributed by atoms with van der Waals surface area (Å²) in [4.78, 5) is 49.2. The summed E-state index contributed by atoms with van der Waals surface area (Å²) in [6.07, 6.45) is -7.61. The molecule has 8 atom stereocenters. The number of ether oxygens (including phenoxy) is 2. The summed E-state index contributed by atoms with van der Waals surface area (Å²) in [6, 6.07) is 1.09. The first-order valence-electron chi connectivity index (χ1n) is 10.6. The standard InChI is InChI=1S/C10H14N2O7.C9H12N2O6/c13-2-4-1-12(10(18)11-8(4)17)9-7(16)6(15)5(3-14)19-9;12-3-4-6(14)7(15)8(17-4)11-2-1-5(13)10-9(11)16/h1,5-7,9,13-16H,2-3H2,(H,11,17,18);1-2,4,6-8,12,14-15H,3H2,(H,10,13,16)/t5-,6-,7-,9-;4-,6-,7-,8-/m11/s1. The van der Waals surface area contributed by atoms with Gasteiger partial charge in [-0.25, -0.2) is 9.59 Å². The van der Waals surface area contributed by atoms with Gasteiger partial charge in [-0.3, -0.25) is 28.7 Å². The van der Waals surface area contributed by atoms with E-state index in [1.54, 1.807) is 0 Å². The number of hydrogen-bond donors (Lipinski definition) is 9. The molecular weight excluding hydrogens is 492 g/mol. The molecule has 2 aromatic rings. The summed E-state index contributed by atoms with van der Waals surface area (Å²) >= 11 is 0. The Morgan fingerprint density at radius 1 is 0.750 bits per heavy atom. The Balaban J connectivity index is 0.000000202. The summed E-state index contributed by atoms with van der Waals surface area (Å²) in [5.41, 5.74) is -3.00. The van der Waals surface area contributed by atoms with Crippen molar-refractivity contribution in [1.29, 1.82) is 0 Å².